The van der Waals surface area contributed by atoms with E-state index in [0.717, 1.165) is 28.1 Å². The summed E-state index contributed by atoms with van der Waals surface area (Å²) in [6, 6.07) is 8.45. The minimum absolute atomic E-state index is 0.160. The second-order valence-corrected chi connectivity index (χ2v) is 6.91. The third-order valence-electron chi connectivity index (χ3n) is 5.13. The number of hydrogen-bond acceptors (Lipinski definition) is 5. The molecule has 2 bridgehead atoms. The Hall–Kier alpha value is -3.68. The summed E-state index contributed by atoms with van der Waals surface area (Å²) < 4.78 is 23.8. The molecule has 0 spiro atoms. The van der Waals surface area contributed by atoms with E-state index in [1.54, 1.807) is 18.5 Å². The van der Waals surface area contributed by atoms with Gasteiger partial charge in [0.25, 0.3) is 0 Å². The van der Waals surface area contributed by atoms with Gasteiger partial charge in [0.2, 0.25) is 0 Å². The van der Waals surface area contributed by atoms with E-state index in [4.69, 9.17) is 10.5 Å². The molecule has 8 heteroatoms. The molecule has 0 amide bonds. The molecule has 0 atom stereocenters. The lowest BCUT2D eigenvalue weighted by atomic mass is 10.0. The highest BCUT2D eigenvalue weighted by Gasteiger charge is 2.19. The van der Waals surface area contributed by atoms with Crippen LogP contribution in [0.15, 0.2) is 48.9 Å². The van der Waals surface area contributed by atoms with Gasteiger partial charge >= 0.3 is 0 Å². The maximum absolute atomic E-state index is 14.0. The van der Waals surface area contributed by atoms with Crippen molar-refractivity contribution in [2.24, 2.45) is 0 Å². The quantitative estimate of drug-likeness (QED) is 0.538. The topological polar surface area (TPSA) is 83.8 Å². The Balaban J connectivity index is 1.76. The van der Waals surface area contributed by atoms with Gasteiger partial charge in [-0.2, -0.15) is 10.2 Å². The van der Waals surface area contributed by atoms with Crippen LogP contribution in [0.3, 0.4) is 0 Å². The van der Waals surface area contributed by atoms with E-state index < -0.39 is 0 Å². The predicted octanol–water partition coefficient (Wildman–Crippen LogP) is 3.49. The summed E-state index contributed by atoms with van der Waals surface area (Å²) in [5.41, 5.74) is 11.3. The molecule has 0 saturated carbocycles. The van der Waals surface area contributed by atoms with Crippen molar-refractivity contribution in [2.75, 3.05) is 5.73 Å². The molecular weight excluding hydrogens is 371 g/mol. The van der Waals surface area contributed by atoms with E-state index >= 15 is 0 Å². The number of nitrogens with zero attached hydrogens (tertiary/aromatic N) is 5. The molecule has 1 aliphatic rings. The highest BCUT2D eigenvalue weighted by Crippen LogP contribution is 2.33. The van der Waals surface area contributed by atoms with Crippen molar-refractivity contribution in [3.05, 3.63) is 65.9 Å². The van der Waals surface area contributed by atoms with E-state index in [1.807, 2.05) is 34.6 Å². The van der Waals surface area contributed by atoms with Crippen LogP contribution in [0.5, 0.6) is 5.75 Å². The smallest absolute Gasteiger partial charge is 0.166 e. The first-order valence-corrected chi connectivity index (χ1v) is 9.38. The number of nitrogen functional groups attached to an aromatic ring is 1. The highest BCUT2D eigenvalue weighted by atomic mass is 19.1. The molecule has 3 aromatic heterocycles. The van der Waals surface area contributed by atoms with Crippen LogP contribution in [0, 0.1) is 5.82 Å². The van der Waals surface area contributed by atoms with Crippen molar-refractivity contribution in [1.82, 2.24) is 24.5 Å². The SMILES string of the molecule is CCn1ncc2c1-c1cnc(N)c(c1)OCc1cc(F)ccc1-c1ccnn1C2. The molecule has 0 unspecified atom stereocenters. The first-order chi connectivity index (χ1) is 14.1. The van der Waals surface area contributed by atoms with Crippen LogP contribution >= 0.6 is 0 Å². The van der Waals surface area contributed by atoms with Gasteiger partial charge in [-0.1, -0.05) is 0 Å². The largest absolute Gasteiger partial charge is 0.485 e. The zero-order valence-electron chi connectivity index (χ0n) is 15.8. The molecule has 5 rings (SSSR count). The third-order valence-corrected chi connectivity index (χ3v) is 5.13. The maximum Gasteiger partial charge on any atom is 0.166 e. The van der Waals surface area contributed by atoms with Gasteiger partial charge < -0.3 is 10.5 Å². The Labute approximate surface area is 166 Å². The van der Waals surface area contributed by atoms with Crippen LogP contribution in [-0.4, -0.2) is 24.5 Å². The molecule has 0 radical (unpaired) electrons. The van der Waals surface area contributed by atoms with Gasteiger partial charge in [-0.05, 0) is 37.3 Å². The normalized spacial score (nSPS) is 12.8. The Morgan fingerprint density at radius 3 is 2.90 bits per heavy atom. The fourth-order valence-corrected chi connectivity index (χ4v) is 3.75. The van der Waals surface area contributed by atoms with E-state index in [-0.39, 0.29) is 18.2 Å². The van der Waals surface area contributed by atoms with Gasteiger partial charge in [0.15, 0.2) is 11.6 Å². The summed E-state index contributed by atoms with van der Waals surface area (Å²) in [6.45, 7) is 3.43. The van der Waals surface area contributed by atoms with Crippen molar-refractivity contribution in [2.45, 2.75) is 26.6 Å². The van der Waals surface area contributed by atoms with Crippen molar-refractivity contribution >= 4 is 5.82 Å². The molecule has 4 aromatic rings. The molecule has 29 heavy (non-hydrogen) atoms. The molecule has 1 aliphatic heterocycles. The zero-order chi connectivity index (χ0) is 20.0. The van der Waals surface area contributed by atoms with E-state index in [1.165, 1.54) is 12.1 Å². The molecule has 146 valence electrons. The zero-order valence-corrected chi connectivity index (χ0v) is 15.8. The lowest BCUT2D eigenvalue weighted by Crippen LogP contribution is -2.09. The summed E-state index contributed by atoms with van der Waals surface area (Å²) in [7, 11) is 0. The van der Waals surface area contributed by atoms with Gasteiger partial charge in [-0.15, -0.1) is 0 Å². The summed E-state index contributed by atoms with van der Waals surface area (Å²) in [5, 5.41) is 9.02. The van der Waals surface area contributed by atoms with Crippen LogP contribution in [0.2, 0.25) is 0 Å². The van der Waals surface area contributed by atoms with Gasteiger partial charge in [-0.3, -0.25) is 9.36 Å². The average molecular weight is 390 g/mol. The van der Waals surface area contributed by atoms with E-state index in [2.05, 4.69) is 15.2 Å². The van der Waals surface area contributed by atoms with Gasteiger partial charge in [0, 0.05) is 41.2 Å². The first-order valence-electron chi connectivity index (χ1n) is 9.38. The minimum atomic E-state index is -0.322. The van der Waals surface area contributed by atoms with Crippen molar-refractivity contribution in [3.63, 3.8) is 0 Å². The highest BCUT2D eigenvalue weighted by molar-refractivity contribution is 5.68. The molecule has 0 saturated heterocycles. The Bertz CT molecular complexity index is 1210. The fourth-order valence-electron chi connectivity index (χ4n) is 3.75. The predicted molar refractivity (Wildman–Crippen MR) is 107 cm³/mol. The lowest BCUT2D eigenvalue weighted by Gasteiger charge is -2.17. The number of halogens is 1. The van der Waals surface area contributed by atoms with Crippen LogP contribution < -0.4 is 10.5 Å². The van der Waals surface area contributed by atoms with Gasteiger partial charge in [-0.25, -0.2) is 9.37 Å². The third kappa shape index (κ3) is 2.93. The molecule has 7 nitrogen and oxygen atoms in total. The number of fused-ring (bicyclic) bond motifs is 7. The number of nitrogens with two attached hydrogens (primary N) is 1. The maximum atomic E-state index is 14.0. The van der Waals surface area contributed by atoms with Crippen molar-refractivity contribution in [3.8, 4) is 28.3 Å². The fraction of sp³-hybridized carbons (Fsp3) is 0.190. The molecule has 0 fully saturated rings. The minimum Gasteiger partial charge on any atom is -0.485 e. The number of ether oxygens (including phenoxy) is 1. The number of anilines is 1. The molecule has 1 aromatic carbocycles. The average Bonchev–Trinajstić information content (AvgIpc) is 3.34. The molecule has 4 heterocycles. The van der Waals surface area contributed by atoms with E-state index in [9.17, 15) is 4.39 Å². The Morgan fingerprint density at radius 1 is 1.14 bits per heavy atom. The van der Waals surface area contributed by atoms with Gasteiger partial charge in [0.1, 0.15) is 12.4 Å². The Kier molecular flexibility index (Phi) is 4.04. The summed E-state index contributed by atoms with van der Waals surface area (Å²) in [5.74, 6) is 0.427. The summed E-state index contributed by atoms with van der Waals surface area (Å²) in [4.78, 5) is 4.31. The van der Waals surface area contributed by atoms with Crippen molar-refractivity contribution < 1.29 is 9.13 Å². The van der Waals surface area contributed by atoms with Crippen molar-refractivity contribution in [1.29, 1.82) is 0 Å². The lowest BCUT2D eigenvalue weighted by molar-refractivity contribution is 0.307. The number of hydrogen-bond donors (Lipinski definition) is 1. The number of rotatable bonds is 1. The Morgan fingerprint density at radius 2 is 2.03 bits per heavy atom. The van der Waals surface area contributed by atoms with Crippen LogP contribution in [0.1, 0.15) is 18.1 Å². The number of benzene rings is 1. The molecule has 2 N–H and O–H groups in total. The summed E-state index contributed by atoms with van der Waals surface area (Å²) >= 11 is 0. The van der Waals surface area contributed by atoms with Gasteiger partial charge in [0.05, 0.1) is 24.1 Å². The van der Waals surface area contributed by atoms with Crippen LogP contribution in [0.25, 0.3) is 22.5 Å². The first kappa shape index (κ1) is 17.4. The number of aryl methyl sites for hydroxylation is 1. The van der Waals surface area contributed by atoms with E-state index in [0.29, 0.717) is 24.4 Å². The molecule has 0 aliphatic carbocycles. The monoisotopic (exact) mass is 390 g/mol. The number of pyridine rings is 1. The standard InChI is InChI=1S/C21H19FN6O/c1-2-27-20-13-8-19(21(23)24-9-13)29-12-14-7-16(22)3-4-17(14)18-5-6-25-28(18)11-15(20)10-26-27/h3-10H,2,11-12H2,1H3,(H2,23,24). The second-order valence-electron chi connectivity index (χ2n) is 6.91. The summed E-state index contributed by atoms with van der Waals surface area (Å²) in [6.07, 6.45) is 5.31. The number of aromatic nitrogens is 5. The second kappa shape index (κ2) is 6.73. The molecular formula is C21H19FN6O. The van der Waals surface area contributed by atoms with Crippen LogP contribution in [0.4, 0.5) is 10.2 Å². The van der Waals surface area contributed by atoms with Crippen LogP contribution in [-0.2, 0) is 19.7 Å².